The monoisotopic (exact) mass is 364 g/mol. The first-order valence-corrected chi connectivity index (χ1v) is 9.75. The Morgan fingerprint density at radius 3 is 2.00 bits per heavy atom. The van der Waals surface area contributed by atoms with Crippen LogP contribution in [0.25, 0.3) is 0 Å². The minimum atomic E-state index is -0.692. The van der Waals surface area contributed by atoms with Crippen LogP contribution in [0.2, 0.25) is 0 Å². The van der Waals surface area contributed by atoms with Gasteiger partial charge in [-0.3, -0.25) is 4.79 Å². The van der Waals surface area contributed by atoms with Gasteiger partial charge in [0.15, 0.2) is 5.79 Å². The maximum Gasteiger partial charge on any atom is 0.309 e. The molecule has 5 atom stereocenters. The second-order valence-electron chi connectivity index (χ2n) is 7.91. The lowest BCUT2D eigenvalue weighted by Crippen LogP contribution is -2.38. The summed E-state index contributed by atoms with van der Waals surface area (Å²) >= 11 is 0. The Balaban J connectivity index is 1.52. The number of hydrogen-bond donors (Lipinski definition) is 0. The van der Waals surface area contributed by atoms with Crippen molar-refractivity contribution >= 4 is 5.97 Å². The smallest absolute Gasteiger partial charge is 0.309 e. The van der Waals surface area contributed by atoms with Crippen molar-refractivity contribution < 1.29 is 19.0 Å². The largest absolute Gasteiger partial charge is 0.469 e. The molecule has 2 saturated carbocycles. The summed E-state index contributed by atoms with van der Waals surface area (Å²) in [4.78, 5) is 12.4. The van der Waals surface area contributed by atoms with Gasteiger partial charge < -0.3 is 14.2 Å². The molecule has 2 bridgehead atoms. The summed E-state index contributed by atoms with van der Waals surface area (Å²) in [6.45, 7) is 0. The number of fused-ring (bicyclic) bond motifs is 3. The molecule has 0 radical (unpaired) electrons. The Morgan fingerprint density at radius 1 is 0.926 bits per heavy atom. The van der Waals surface area contributed by atoms with Gasteiger partial charge in [-0.25, -0.2) is 0 Å². The first-order chi connectivity index (χ1) is 13.2. The van der Waals surface area contributed by atoms with Gasteiger partial charge >= 0.3 is 5.97 Å². The Hall–Kier alpha value is -2.17. The van der Waals surface area contributed by atoms with Crippen molar-refractivity contribution in [1.82, 2.24) is 0 Å². The average molecular weight is 364 g/mol. The Labute approximate surface area is 159 Å². The predicted octanol–water partition coefficient (Wildman–Crippen LogP) is 4.43. The highest BCUT2D eigenvalue weighted by Gasteiger charge is 2.66. The molecule has 4 nitrogen and oxygen atoms in total. The van der Waals surface area contributed by atoms with Crippen LogP contribution in [0, 0.1) is 17.8 Å². The Kier molecular flexibility index (Phi) is 4.06. The van der Waals surface area contributed by atoms with Crippen molar-refractivity contribution in [1.29, 1.82) is 0 Å². The van der Waals surface area contributed by atoms with E-state index in [-0.39, 0.29) is 35.9 Å². The van der Waals surface area contributed by atoms with E-state index in [4.69, 9.17) is 14.2 Å². The highest BCUT2D eigenvalue weighted by molar-refractivity contribution is 5.74. The summed E-state index contributed by atoms with van der Waals surface area (Å²) in [6, 6.07) is 20.5. The van der Waals surface area contributed by atoms with E-state index in [1.807, 2.05) is 36.4 Å². The highest BCUT2D eigenvalue weighted by Crippen LogP contribution is 2.63. The van der Waals surface area contributed by atoms with Crippen molar-refractivity contribution in [2.45, 2.75) is 37.3 Å². The summed E-state index contributed by atoms with van der Waals surface area (Å²) in [5.41, 5.74) is 2.22. The Morgan fingerprint density at radius 2 is 1.48 bits per heavy atom. The van der Waals surface area contributed by atoms with Gasteiger partial charge in [0.2, 0.25) is 0 Å². The number of carbonyl (C=O) groups is 1. The normalized spacial score (nSPS) is 33.4. The number of rotatable bonds is 3. The molecule has 140 valence electrons. The zero-order valence-corrected chi connectivity index (χ0v) is 15.4. The van der Waals surface area contributed by atoms with Crippen LogP contribution in [-0.4, -0.2) is 18.9 Å². The topological polar surface area (TPSA) is 44.8 Å². The molecular formula is C23H24O4. The third-order valence-corrected chi connectivity index (χ3v) is 6.56. The molecule has 1 saturated heterocycles. The molecule has 3 fully saturated rings. The van der Waals surface area contributed by atoms with E-state index >= 15 is 0 Å². The molecule has 2 aliphatic carbocycles. The van der Waals surface area contributed by atoms with Crippen LogP contribution in [0.4, 0.5) is 0 Å². The van der Waals surface area contributed by atoms with Crippen molar-refractivity contribution in [3.8, 4) is 0 Å². The quantitative estimate of drug-likeness (QED) is 0.756. The number of hydrogen-bond acceptors (Lipinski definition) is 4. The molecule has 0 aromatic heterocycles. The maximum absolute atomic E-state index is 12.4. The van der Waals surface area contributed by atoms with Gasteiger partial charge in [0, 0.05) is 12.3 Å². The number of ether oxygens (including phenoxy) is 3. The molecule has 0 N–H and O–H groups in total. The fourth-order valence-corrected chi connectivity index (χ4v) is 5.44. The lowest BCUT2D eigenvalue weighted by Gasteiger charge is -2.32. The van der Waals surface area contributed by atoms with E-state index in [9.17, 15) is 4.79 Å². The van der Waals surface area contributed by atoms with E-state index in [1.54, 1.807) is 0 Å². The van der Waals surface area contributed by atoms with Crippen LogP contribution >= 0.6 is 0 Å². The van der Waals surface area contributed by atoms with Crippen LogP contribution < -0.4 is 0 Å². The molecule has 3 aliphatic rings. The average Bonchev–Trinajstić information content (AvgIpc) is 3.40. The lowest BCUT2D eigenvalue weighted by molar-refractivity contribution is -0.212. The molecule has 4 heteroatoms. The van der Waals surface area contributed by atoms with E-state index in [2.05, 4.69) is 24.3 Å². The van der Waals surface area contributed by atoms with Crippen LogP contribution in [0.5, 0.6) is 0 Å². The third-order valence-electron chi connectivity index (χ3n) is 6.56. The van der Waals surface area contributed by atoms with Gasteiger partial charge in [-0.2, -0.15) is 0 Å². The fraction of sp³-hybridized carbons (Fsp3) is 0.435. The minimum Gasteiger partial charge on any atom is -0.469 e. The van der Waals surface area contributed by atoms with Crippen molar-refractivity contribution in [2.75, 3.05) is 7.11 Å². The molecule has 1 heterocycles. The van der Waals surface area contributed by atoms with Crippen molar-refractivity contribution in [3.05, 3.63) is 71.8 Å². The minimum absolute atomic E-state index is 0.0647. The van der Waals surface area contributed by atoms with E-state index < -0.39 is 5.79 Å². The summed E-state index contributed by atoms with van der Waals surface area (Å²) in [5.74, 6) is -0.571. The van der Waals surface area contributed by atoms with Gasteiger partial charge in [-0.1, -0.05) is 60.7 Å². The third kappa shape index (κ3) is 2.62. The molecule has 0 amide bonds. The first kappa shape index (κ1) is 17.0. The second-order valence-corrected chi connectivity index (χ2v) is 7.91. The van der Waals surface area contributed by atoms with Crippen molar-refractivity contribution in [2.24, 2.45) is 17.8 Å². The summed E-state index contributed by atoms with van der Waals surface area (Å²) in [5, 5.41) is 0. The maximum atomic E-state index is 12.4. The zero-order valence-electron chi connectivity index (χ0n) is 15.4. The molecule has 1 unspecified atom stereocenters. The van der Waals surface area contributed by atoms with Gasteiger partial charge in [0.25, 0.3) is 0 Å². The SMILES string of the molecule is COC(=O)C1[C@H]2CC[C@@H]1C1(C2)O[C@H](c2ccccc2)[C@@H](c2ccccc2)O1. The molecule has 5 rings (SSSR count). The summed E-state index contributed by atoms with van der Waals surface area (Å²) < 4.78 is 18.5. The Bertz CT molecular complexity index is 771. The predicted molar refractivity (Wildman–Crippen MR) is 99.6 cm³/mol. The van der Waals surface area contributed by atoms with Gasteiger partial charge in [-0.15, -0.1) is 0 Å². The number of carbonyl (C=O) groups excluding carboxylic acids is 1. The second kappa shape index (κ2) is 6.47. The number of methoxy groups -OCH3 is 1. The standard InChI is InChI=1S/C23H24O4/c1-25-22(24)19-17-12-13-18(19)23(14-17)26-20(15-8-4-2-5-9-15)21(27-23)16-10-6-3-7-11-16/h2-11,17-21H,12-14H2,1H3/t17-,18-,19?,20+,21+/m0/s1. The lowest BCUT2D eigenvalue weighted by atomic mass is 9.93. The number of benzene rings is 2. The molecular weight excluding hydrogens is 340 g/mol. The van der Waals surface area contributed by atoms with Gasteiger partial charge in [0.1, 0.15) is 12.2 Å². The van der Waals surface area contributed by atoms with Crippen molar-refractivity contribution in [3.63, 3.8) is 0 Å². The molecule has 1 aliphatic heterocycles. The van der Waals surface area contributed by atoms with Gasteiger partial charge in [0.05, 0.1) is 13.0 Å². The summed E-state index contributed by atoms with van der Waals surface area (Å²) in [7, 11) is 1.47. The molecule has 2 aromatic carbocycles. The zero-order chi connectivity index (χ0) is 18.4. The van der Waals surface area contributed by atoms with Crippen LogP contribution in [0.15, 0.2) is 60.7 Å². The first-order valence-electron chi connectivity index (χ1n) is 9.75. The van der Waals surface area contributed by atoms with E-state index in [0.717, 1.165) is 30.4 Å². The highest BCUT2D eigenvalue weighted by atomic mass is 16.8. The van der Waals surface area contributed by atoms with Crippen LogP contribution in [-0.2, 0) is 19.0 Å². The van der Waals surface area contributed by atoms with E-state index in [1.165, 1.54) is 7.11 Å². The van der Waals surface area contributed by atoms with Crippen LogP contribution in [0.1, 0.15) is 42.6 Å². The number of esters is 1. The molecule has 27 heavy (non-hydrogen) atoms. The molecule has 2 aromatic rings. The molecule has 1 spiro atoms. The van der Waals surface area contributed by atoms with E-state index in [0.29, 0.717) is 0 Å². The fourth-order valence-electron chi connectivity index (χ4n) is 5.44. The summed E-state index contributed by atoms with van der Waals surface area (Å²) in [6.07, 6.45) is 2.42. The van der Waals surface area contributed by atoms with Crippen LogP contribution in [0.3, 0.4) is 0 Å². The van der Waals surface area contributed by atoms with Gasteiger partial charge in [-0.05, 0) is 29.9 Å².